The minimum Gasteiger partial charge on any atom is -0.424 e. The molecule has 2 aromatic carbocycles. The summed E-state index contributed by atoms with van der Waals surface area (Å²) in [4.78, 5) is 21.0. The molecule has 0 unspecified atom stereocenters. The molecule has 2 heterocycles. The lowest BCUT2D eigenvalue weighted by Crippen LogP contribution is -2.14. The van der Waals surface area contributed by atoms with E-state index in [1.807, 2.05) is 6.92 Å². The van der Waals surface area contributed by atoms with Crippen LogP contribution < -0.4 is 10.1 Å². The summed E-state index contributed by atoms with van der Waals surface area (Å²) >= 11 is 0. The number of carbonyl (C=O) groups excluding carboxylic acids is 1. The van der Waals surface area contributed by atoms with Crippen LogP contribution in [0.3, 0.4) is 0 Å². The standard InChI is InChI=1S/C22H17FN4O3/c1-13-12-17(29-22-24-10-3-11-25-22)8-9-18(13)26-21(28)19-14(2)30-27-20(19)15-4-6-16(23)7-5-15/h3-12H,1-2H3,(H,26,28). The van der Waals surface area contributed by atoms with Crippen molar-refractivity contribution in [1.82, 2.24) is 15.1 Å². The van der Waals surface area contributed by atoms with Gasteiger partial charge < -0.3 is 14.6 Å². The quantitative estimate of drug-likeness (QED) is 0.507. The van der Waals surface area contributed by atoms with Gasteiger partial charge in [-0.05, 0) is 67.9 Å². The molecule has 7 nitrogen and oxygen atoms in total. The van der Waals surface area contributed by atoms with Crippen molar-refractivity contribution in [3.05, 3.63) is 83.6 Å². The normalized spacial score (nSPS) is 10.6. The number of benzene rings is 2. The molecule has 0 fully saturated rings. The van der Waals surface area contributed by atoms with Crippen LogP contribution in [0.2, 0.25) is 0 Å². The second kappa shape index (κ2) is 8.12. The lowest BCUT2D eigenvalue weighted by Gasteiger charge is -2.11. The summed E-state index contributed by atoms with van der Waals surface area (Å²) in [6, 6.07) is 12.8. The van der Waals surface area contributed by atoms with Crippen LogP contribution in [-0.4, -0.2) is 21.0 Å². The Kier molecular flexibility index (Phi) is 5.21. The molecule has 0 aliphatic carbocycles. The number of carbonyl (C=O) groups is 1. The molecule has 0 aliphatic heterocycles. The Hall–Kier alpha value is -4.07. The molecule has 0 saturated carbocycles. The van der Waals surface area contributed by atoms with E-state index in [1.54, 1.807) is 55.7 Å². The summed E-state index contributed by atoms with van der Waals surface area (Å²) in [5.41, 5.74) is 2.62. The maximum absolute atomic E-state index is 13.2. The summed E-state index contributed by atoms with van der Waals surface area (Å²) in [6.07, 6.45) is 3.17. The third kappa shape index (κ3) is 4.02. The van der Waals surface area contributed by atoms with Crippen molar-refractivity contribution in [3.8, 4) is 23.0 Å². The Labute approximate surface area is 171 Å². The number of halogens is 1. The Morgan fingerprint density at radius 1 is 1.07 bits per heavy atom. The summed E-state index contributed by atoms with van der Waals surface area (Å²) in [5, 5.41) is 6.84. The average molecular weight is 404 g/mol. The third-order valence-corrected chi connectivity index (χ3v) is 4.40. The maximum atomic E-state index is 13.2. The van der Waals surface area contributed by atoms with Crippen LogP contribution in [0.15, 0.2) is 65.4 Å². The monoisotopic (exact) mass is 404 g/mol. The number of amides is 1. The number of aromatic nitrogens is 3. The first-order valence-corrected chi connectivity index (χ1v) is 9.10. The zero-order valence-electron chi connectivity index (χ0n) is 16.2. The summed E-state index contributed by atoms with van der Waals surface area (Å²) in [7, 11) is 0. The number of hydrogen-bond acceptors (Lipinski definition) is 6. The van der Waals surface area contributed by atoms with Crippen LogP contribution in [0.25, 0.3) is 11.3 Å². The lowest BCUT2D eigenvalue weighted by molar-refractivity contribution is 0.102. The van der Waals surface area contributed by atoms with Gasteiger partial charge in [-0.1, -0.05) is 5.16 Å². The van der Waals surface area contributed by atoms with Gasteiger partial charge in [0.25, 0.3) is 5.91 Å². The van der Waals surface area contributed by atoms with Gasteiger partial charge in [0.1, 0.15) is 28.6 Å². The van der Waals surface area contributed by atoms with Crippen LogP contribution >= 0.6 is 0 Å². The first-order valence-electron chi connectivity index (χ1n) is 9.10. The van der Waals surface area contributed by atoms with Gasteiger partial charge in [-0.2, -0.15) is 0 Å². The van der Waals surface area contributed by atoms with Crippen molar-refractivity contribution in [1.29, 1.82) is 0 Å². The number of nitrogens with one attached hydrogen (secondary N) is 1. The van der Waals surface area contributed by atoms with Crippen LogP contribution in [0.1, 0.15) is 21.7 Å². The fraction of sp³-hybridized carbons (Fsp3) is 0.0909. The van der Waals surface area contributed by atoms with Gasteiger partial charge in [0.05, 0.1) is 0 Å². The molecule has 1 amide bonds. The van der Waals surface area contributed by atoms with Crippen LogP contribution in [0.5, 0.6) is 11.8 Å². The van der Waals surface area contributed by atoms with Crippen LogP contribution in [0.4, 0.5) is 10.1 Å². The number of rotatable bonds is 5. The smallest absolute Gasteiger partial charge is 0.321 e. The lowest BCUT2D eigenvalue weighted by atomic mass is 10.1. The molecule has 8 heteroatoms. The van der Waals surface area contributed by atoms with E-state index in [1.165, 1.54) is 12.1 Å². The fourth-order valence-corrected chi connectivity index (χ4v) is 2.91. The maximum Gasteiger partial charge on any atom is 0.321 e. The van der Waals surface area contributed by atoms with Crippen molar-refractivity contribution >= 4 is 11.6 Å². The number of nitrogens with zero attached hydrogens (tertiary/aromatic N) is 3. The van der Waals surface area contributed by atoms with Gasteiger partial charge in [0.15, 0.2) is 0 Å². The first-order chi connectivity index (χ1) is 14.5. The van der Waals surface area contributed by atoms with Crippen molar-refractivity contribution in [3.63, 3.8) is 0 Å². The highest BCUT2D eigenvalue weighted by Gasteiger charge is 2.22. The first kappa shape index (κ1) is 19.3. The molecule has 2 aromatic heterocycles. The molecule has 0 spiro atoms. The summed E-state index contributed by atoms with van der Waals surface area (Å²) < 4.78 is 24.1. The molecular formula is C22H17FN4O3. The third-order valence-electron chi connectivity index (χ3n) is 4.40. The second-order valence-electron chi connectivity index (χ2n) is 6.53. The number of anilines is 1. The topological polar surface area (TPSA) is 90.1 Å². The highest BCUT2D eigenvalue weighted by atomic mass is 19.1. The van der Waals surface area contributed by atoms with E-state index in [2.05, 4.69) is 20.4 Å². The molecule has 150 valence electrons. The van der Waals surface area contributed by atoms with Gasteiger partial charge in [0, 0.05) is 23.6 Å². The van der Waals surface area contributed by atoms with Crippen molar-refractivity contribution in [2.45, 2.75) is 13.8 Å². The van der Waals surface area contributed by atoms with Crippen molar-refractivity contribution < 1.29 is 18.4 Å². The minimum atomic E-state index is -0.378. The SMILES string of the molecule is Cc1cc(Oc2ncccn2)ccc1NC(=O)c1c(-c2ccc(F)cc2)noc1C. The van der Waals surface area contributed by atoms with Gasteiger partial charge in [-0.25, -0.2) is 14.4 Å². The van der Waals surface area contributed by atoms with E-state index in [0.717, 1.165) is 5.56 Å². The Bertz CT molecular complexity index is 1190. The highest BCUT2D eigenvalue weighted by Crippen LogP contribution is 2.28. The van der Waals surface area contributed by atoms with Crippen molar-refractivity contribution in [2.24, 2.45) is 0 Å². The molecule has 1 N–H and O–H groups in total. The molecule has 4 aromatic rings. The van der Waals surface area contributed by atoms with Crippen molar-refractivity contribution in [2.75, 3.05) is 5.32 Å². The minimum absolute atomic E-state index is 0.234. The van der Waals surface area contributed by atoms with Gasteiger partial charge in [-0.15, -0.1) is 0 Å². The molecule has 30 heavy (non-hydrogen) atoms. The predicted octanol–water partition coefficient (Wildman–Crippen LogP) is 4.93. The molecule has 0 radical (unpaired) electrons. The predicted molar refractivity (Wildman–Crippen MR) is 108 cm³/mol. The number of aryl methyl sites for hydroxylation is 2. The average Bonchev–Trinajstić information content (AvgIpc) is 3.13. The van der Waals surface area contributed by atoms with E-state index in [-0.39, 0.29) is 17.7 Å². The molecule has 0 aliphatic rings. The van der Waals surface area contributed by atoms with E-state index >= 15 is 0 Å². The largest absolute Gasteiger partial charge is 0.424 e. The Morgan fingerprint density at radius 3 is 2.50 bits per heavy atom. The van der Waals surface area contributed by atoms with Gasteiger partial charge in [-0.3, -0.25) is 4.79 Å². The Balaban J connectivity index is 1.56. The highest BCUT2D eigenvalue weighted by molar-refractivity contribution is 6.09. The van der Waals surface area contributed by atoms with Gasteiger partial charge in [0.2, 0.25) is 0 Å². The number of hydrogen-bond donors (Lipinski definition) is 1. The molecule has 0 atom stereocenters. The van der Waals surface area contributed by atoms with Crippen LogP contribution in [-0.2, 0) is 0 Å². The zero-order valence-corrected chi connectivity index (χ0v) is 16.2. The zero-order chi connectivity index (χ0) is 21.1. The van der Waals surface area contributed by atoms with E-state index < -0.39 is 0 Å². The van der Waals surface area contributed by atoms with E-state index in [4.69, 9.17) is 9.26 Å². The summed E-state index contributed by atoms with van der Waals surface area (Å²) in [6.45, 7) is 3.49. The second-order valence-corrected chi connectivity index (χ2v) is 6.53. The van der Waals surface area contributed by atoms with Gasteiger partial charge >= 0.3 is 6.01 Å². The number of ether oxygens (including phenoxy) is 1. The Morgan fingerprint density at radius 2 is 1.80 bits per heavy atom. The van der Waals surface area contributed by atoms with E-state index in [0.29, 0.717) is 34.0 Å². The van der Waals surface area contributed by atoms with Crippen LogP contribution in [0, 0.1) is 19.7 Å². The van der Waals surface area contributed by atoms with E-state index in [9.17, 15) is 9.18 Å². The molecule has 4 rings (SSSR count). The molecular weight excluding hydrogens is 387 g/mol. The fourth-order valence-electron chi connectivity index (χ4n) is 2.91. The summed E-state index contributed by atoms with van der Waals surface area (Å²) in [5.74, 6) is 0.163. The molecule has 0 bridgehead atoms. The molecule has 0 saturated heterocycles.